The van der Waals surface area contributed by atoms with E-state index in [2.05, 4.69) is 16.1 Å². The van der Waals surface area contributed by atoms with E-state index in [4.69, 9.17) is 6.42 Å². The van der Waals surface area contributed by atoms with E-state index < -0.39 is 0 Å². The molecule has 0 atom stereocenters. The Bertz CT molecular complexity index is 435. The number of benzene rings is 1. The highest BCUT2D eigenvalue weighted by Crippen LogP contribution is 2.19. The van der Waals surface area contributed by atoms with Gasteiger partial charge in [-0.05, 0) is 0 Å². The van der Waals surface area contributed by atoms with Crippen molar-refractivity contribution in [3.05, 3.63) is 42.1 Å². The summed E-state index contributed by atoms with van der Waals surface area (Å²) >= 11 is 0. The maximum absolute atomic E-state index is 5.32. The maximum atomic E-state index is 5.32. The van der Waals surface area contributed by atoms with Gasteiger partial charge in [-0.2, -0.15) is 5.10 Å². The fourth-order valence-electron chi connectivity index (χ4n) is 1.22. The van der Waals surface area contributed by atoms with Crippen molar-refractivity contribution in [2.45, 2.75) is 0 Å². The lowest BCUT2D eigenvalue weighted by atomic mass is 10.1. The van der Waals surface area contributed by atoms with Crippen LogP contribution in [0.1, 0.15) is 5.56 Å². The number of rotatable bonds is 1. The van der Waals surface area contributed by atoms with E-state index in [1.54, 1.807) is 6.20 Å². The topological polar surface area (TPSA) is 28.7 Å². The Labute approximate surface area is 76.6 Å². The van der Waals surface area contributed by atoms with Gasteiger partial charge in [0, 0.05) is 5.56 Å². The number of hydrogen-bond acceptors (Lipinski definition) is 1. The second kappa shape index (κ2) is 3.16. The van der Waals surface area contributed by atoms with Crippen LogP contribution in [-0.4, -0.2) is 10.2 Å². The molecule has 0 radical (unpaired) electrons. The minimum Gasteiger partial charge on any atom is -0.277 e. The lowest BCUT2D eigenvalue weighted by molar-refractivity contribution is 1.10. The van der Waals surface area contributed by atoms with Crippen molar-refractivity contribution in [3.8, 4) is 23.6 Å². The lowest BCUT2D eigenvalue weighted by Gasteiger charge is -1.96. The fraction of sp³-hybridized carbons (Fsp3) is 0. The van der Waals surface area contributed by atoms with Crippen molar-refractivity contribution in [1.82, 2.24) is 10.2 Å². The zero-order chi connectivity index (χ0) is 9.10. The predicted octanol–water partition coefficient (Wildman–Crippen LogP) is 2.06. The Kier molecular flexibility index (Phi) is 1.85. The van der Waals surface area contributed by atoms with E-state index in [1.165, 1.54) is 0 Å². The third-order valence-corrected chi connectivity index (χ3v) is 1.86. The average molecular weight is 168 g/mol. The van der Waals surface area contributed by atoms with Crippen LogP contribution in [0.15, 0.2) is 36.5 Å². The van der Waals surface area contributed by atoms with Crippen molar-refractivity contribution in [2.24, 2.45) is 0 Å². The largest absolute Gasteiger partial charge is 0.277 e. The summed E-state index contributed by atoms with van der Waals surface area (Å²) in [5.41, 5.74) is 2.77. The van der Waals surface area contributed by atoms with Crippen molar-refractivity contribution >= 4 is 0 Å². The van der Waals surface area contributed by atoms with E-state index in [-0.39, 0.29) is 0 Å². The monoisotopic (exact) mass is 168 g/mol. The van der Waals surface area contributed by atoms with Gasteiger partial charge in [0.15, 0.2) is 0 Å². The number of aromatic nitrogens is 2. The van der Waals surface area contributed by atoms with E-state index in [0.29, 0.717) is 0 Å². The van der Waals surface area contributed by atoms with Gasteiger partial charge in [-0.25, -0.2) is 0 Å². The molecule has 0 amide bonds. The molecule has 0 saturated heterocycles. The molecule has 0 saturated carbocycles. The highest BCUT2D eigenvalue weighted by atomic mass is 15.1. The molecule has 0 bridgehead atoms. The minimum atomic E-state index is 0.797. The van der Waals surface area contributed by atoms with Crippen molar-refractivity contribution < 1.29 is 0 Å². The van der Waals surface area contributed by atoms with E-state index in [9.17, 15) is 0 Å². The van der Waals surface area contributed by atoms with Crippen LogP contribution in [0.5, 0.6) is 0 Å². The number of terminal acetylenes is 1. The molecule has 1 aromatic heterocycles. The second-order valence-electron chi connectivity index (χ2n) is 2.67. The van der Waals surface area contributed by atoms with Gasteiger partial charge in [-0.15, -0.1) is 6.42 Å². The summed E-state index contributed by atoms with van der Waals surface area (Å²) in [6.45, 7) is 0. The first-order valence-electron chi connectivity index (χ1n) is 3.97. The van der Waals surface area contributed by atoms with E-state index in [1.807, 2.05) is 30.3 Å². The van der Waals surface area contributed by atoms with Crippen LogP contribution in [0.4, 0.5) is 0 Å². The highest BCUT2D eigenvalue weighted by molar-refractivity contribution is 5.66. The summed E-state index contributed by atoms with van der Waals surface area (Å²) in [6.07, 6.45) is 6.98. The molecule has 2 aromatic rings. The van der Waals surface area contributed by atoms with Crippen LogP contribution in [0.3, 0.4) is 0 Å². The number of nitrogens with zero attached hydrogens (tertiary/aromatic N) is 1. The van der Waals surface area contributed by atoms with Gasteiger partial charge in [0.25, 0.3) is 0 Å². The van der Waals surface area contributed by atoms with Crippen LogP contribution in [0.2, 0.25) is 0 Å². The molecular weight excluding hydrogens is 160 g/mol. The Morgan fingerprint density at radius 3 is 2.69 bits per heavy atom. The number of aromatic amines is 1. The molecule has 1 N–H and O–H groups in total. The maximum Gasteiger partial charge on any atom is 0.0806 e. The zero-order valence-corrected chi connectivity index (χ0v) is 6.99. The van der Waals surface area contributed by atoms with Crippen LogP contribution in [0, 0.1) is 12.3 Å². The third kappa shape index (κ3) is 1.32. The summed E-state index contributed by atoms with van der Waals surface area (Å²) < 4.78 is 0. The molecule has 13 heavy (non-hydrogen) atoms. The SMILES string of the molecule is C#Cc1cn[nH]c1-c1ccccc1. The summed E-state index contributed by atoms with van der Waals surface area (Å²) in [6, 6.07) is 9.89. The lowest BCUT2D eigenvalue weighted by Crippen LogP contribution is -1.80. The van der Waals surface area contributed by atoms with Crippen molar-refractivity contribution in [3.63, 3.8) is 0 Å². The normalized spacial score (nSPS) is 9.46. The smallest absolute Gasteiger partial charge is 0.0806 e. The first-order chi connectivity index (χ1) is 6.42. The van der Waals surface area contributed by atoms with Crippen molar-refractivity contribution in [1.29, 1.82) is 0 Å². The third-order valence-electron chi connectivity index (χ3n) is 1.86. The summed E-state index contributed by atoms with van der Waals surface area (Å²) in [4.78, 5) is 0. The molecular formula is C11H8N2. The van der Waals surface area contributed by atoms with Gasteiger partial charge in [-0.1, -0.05) is 36.3 Å². The highest BCUT2D eigenvalue weighted by Gasteiger charge is 2.03. The molecule has 0 aliphatic carbocycles. The molecule has 0 aliphatic rings. The summed E-state index contributed by atoms with van der Waals surface area (Å²) in [5, 5.41) is 6.78. The molecule has 0 fully saturated rings. The number of nitrogens with one attached hydrogen (secondary N) is 1. The summed E-state index contributed by atoms with van der Waals surface area (Å²) in [5.74, 6) is 2.58. The van der Waals surface area contributed by atoms with Gasteiger partial charge >= 0.3 is 0 Å². The predicted molar refractivity (Wildman–Crippen MR) is 52.0 cm³/mol. The van der Waals surface area contributed by atoms with Crippen LogP contribution in [0.25, 0.3) is 11.3 Å². The minimum absolute atomic E-state index is 0.797. The van der Waals surface area contributed by atoms with Crippen LogP contribution >= 0.6 is 0 Å². The quantitative estimate of drug-likeness (QED) is 0.649. The van der Waals surface area contributed by atoms with Gasteiger partial charge in [-0.3, -0.25) is 5.10 Å². The number of H-pyrrole nitrogens is 1. The molecule has 2 nitrogen and oxygen atoms in total. The standard InChI is InChI=1S/C11H8N2/c1-2-9-8-12-13-11(9)10-6-4-3-5-7-10/h1,3-8H,(H,12,13). The number of hydrogen-bond donors (Lipinski definition) is 1. The molecule has 2 rings (SSSR count). The average Bonchev–Trinajstić information content (AvgIpc) is 2.67. The van der Waals surface area contributed by atoms with Gasteiger partial charge in [0.05, 0.1) is 17.5 Å². The Balaban J connectivity index is 2.54. The fourth-order valence-corrected chi connectivity index (χ4v) is 1.22. The van der Waals surface area contributed by atoms with Gasteiger partial charge < -0.3 is 0 Å². The van der Waals surface area contributed by atoms with Crippen LogP contribution in [-0.2, 0) is 0 Å². The Morgan fingerprint density at radius 2 is 2.00 bits per heavy atom. The molecule has 0 aliphatic heterocycles. The van der Waals surface area contributed by atoms with E-state index >= 15 is 0 Å². The Morgan fingerprint density at radius 1 is 1.23 bits per heavy atom. The second-order valence-corrected chi connectivity index (χ2v) is 2.67. The van der Waals surface area contributed by atoms with Crippen molar-refractivity contribution in [2.75, 3.05) is 0 Å². The Hall–Kier alpha value is -2.01. The molecule has 1 heterocycles. The van der Waals surface area contributed by atoms with Gasteiger partial charge in [0.2, 0.25) is 0 Å². The zero-order valence-electron chi connectivity index (χ0n) is 6.99. The molecule has 0 spiro atoms. The van der Waals surface area contributed by atoms with Gasteiger partial charge in [0.1, 0.15) is 0 Å². The van der Waals surface area contributed by atoms with Crippen LogP contribution < -0.4 is 0 Å². The first-order valence-corrected chi connectivity index (χ1v) is 3.97. The molecule has 1 aromatic carbocycles. The molecule has 0 unspecified atom stereocenters. The first kappa shape index (κ1) is 7.63. The summed E-state index contributed by atoms with van der Waals surface area (Å²) in [7, 11) is 0. The molecule has 2 heteroatoms. The van der Waals surface area contributed by atoms with E-state index in [0.717, 1.165) is 16.8 Å². The molecule has 62 valence electrons.